The maximum atomic E-state index is 10.2. The third kappa shape index (κ3) is 2.58. The Bertz CT molecular complexity index is 231. The molecule has 0 aromatic heterocycles. The van der Waals surface area contributed by atoms with Crippen LogP contribution in [0.3, 0.4) is 0 Å². The van der Waals surface area contributed by atoms with Crippen molar-refractivity contribution in [3.63, 3.8) is 0 Å². The molecule has 2 fully saturated rings. The lowest BCUT2D eigenvalue weighted by atomic mass is 10.1. The van der Waals surface area contributed by atoms with E-state index in [0.29, 0.717) is 6.04 Å². The Kier molecular flexibility index (Phi) is 3.57. The summed E-state index contributed by atoms with van der Waals surface area (Å²) in [6, 6.07) is 0.375. The van der Waals surface area contributed by atoms with Crippen molar-refractivity contribution >= 4 is 0 Å². The van der Waals surface area contributed by atoms with Crippen LogP contribution in [0.15, 0.2) is 0 Å². The highest BCUT2D eigenvalue weighted by molar-refractivity contribution is 4.95. The van der Waals surface area contributed by atoms with Crippen LogP contribution in [0.4, 0.5) is 0 Å². The van der Waals surface area contributed by atoms with Gasteiger partial charge in [0.1, 0.15) is 0 Å². The molecule has 2 heterocycles. The molecule has 1 N–H and O–H groups in total. The van der Waals surface area contributed by atoms with Crippen LogP contribution in [-0.4, -0.2) is 58.8 Å². The molecule has 2 unspecified atom stereocenters. The first-order valence-electron chi connectivity index (χ1n) is 6.65. The molecule has 2 rings (SSSR count). The summed E-state index contributed by atoms with van der Waals surface area (Å²) in [6.45, 7) is 10.9. The summed E-state index contributed by atoms with van der Waals surface area (Å²) in [5.74, 6) is 0. The lowest BCUT2D eigenvalue weighted by Gasteiger charge is -2.35. The van der Waals surface area contributed by atoms with Crippen molar-refractivity contribution < 1.29 is 5.11 Å². The largest absolute Gasteiger partial charge is 0.390 e. The van der Waals surface area contributed by atoms with Crippen LogP contribution in [0.2, 0.25) is 0 Å². The molecule has 2 aliphatic heterocycles. The van der Waals surface area contributed by atoms with Gasteiger partial charge < -0.3 is 5.11 Å². The van der Waals surface area contributed by atoms with Crippen molar-refractivity contribution in [3.05, 3.63) is 0 Å². The van der Waals surface area contributed by atoms with E-state index in [-0.39, 0.29) is 11.6 Å². The van der Waals surface area contributed by atoms with E-state index in [1.807, 2.05) is 0 Å². The summed E-state index contributed by atoms with van der Waals surface area (Å²) in [4.78, 5) is 4.91. The molecule has 16 heavy (non-hydrogen) atoms. The number of rotatable bonds is 1. The topological polar surface area (TPSA) is 26.7 Å². The Morgan fingerprint density at radius 3 is 2.12 bits per heavy atom. The van der Waals surface area contributed by atoms with Gasteiger partial charge in [0.25, 0.3) is 0 Å². The fourth-order valence-corrected chi connectivity index (χ4v) is 2.93. The smallest absolute Gasteiger partial charge is 0.0834 e. The van der Waals surface area contributed by atoms with Crippen molar-refractivity contribution in [1.29, 1.82) is 0 Å². The zero-order valence-corrected chi connectivity index (χ0v) is 10.9. The molecular weight excluding hydrogens is 200 g/mol. The molecule has 0 aliphatic carbocycles. The molecule has 0 bridgehead atoms. The number of hydrogen-bond donors (Lipinski definition) is 1. The van der Waals surface area contributed by atoms with E-state index in [4.69, 9.17) is 0 Å². The van der Waals surface area contributed by atoms with Crippen molar-refractivity contribution in [3.8, 4) is 0 Å². The summed E-state index contributed by atoms with van der Waals surface area (Å²) in [5, 5.41) is 10.2. The van der Waals surface area contributed by atoms with E-state index in [9.17, 15) is 5.11 Å². The predicted octanol–water partition coefficient (Wildman–Crippen LogP) is 1.32. The van der Waals surface area contributed by atoms with Gasteiger partial charge in [0.05, 0.1) is 6.10 Å². The molecule has 2 saturated heterocycles. The molecule has 0 amide bonds. The Labute approximate surface area is 99.4 Å². The van der Waals surface area contributed by atoms with Gasteiger partial charge in [-0.15, -0.1) is 0 Å². The standard InChI is InChI=1S/C13H26N2O/c1-13(2,3)15-9-11(12(16)10-15)14-7-5-4-6-8-14/h11-12,16H,4-10H2,1-3H3. The number of nitrogens with zero attached hydrogens (tertiary/aromatic N) is 2. The second-order valence-electron chi connectivity index (χ2n) is 6.31. The van der Waals surface area contributed by atoms with Crippen LogP contribution >= 0.6 is 0 Å². The highest BCUT2D eigenvalue weighted by Crippen LogP contribution is 2.25. The molecule has 3 heteroatoms. The summed E-state index contributed by atoms with van der Waals surface area (Å²) in [6.07, 6.45) is 3.82. The average Bonchev–Trinajstić information content (AvgIpc) is 2.61. The quantitative estimate of drug-likeness (QED) is 0.730. The Morgan fingerprint density at radius 2 is 1.62 bits per heavy atom. The second-order valence-corrected chi connectivity index (χ2v) is 6.31. The van der Waals surface area contributed by atoms with Crippen LogP contribution in [0.5, 0.6) is 0 Å². The van der Waals surface area contributed by atoms with Crippen LogP contribution in [-0.2, 0) is 0 Å². The molecule has 0 spiro atoms. The van der Waals surface area contributed by atoms with E-state index in [1.54, 1.807) is 0 Å². The monoisotopic (exact) mass is 226 g/mol. The Hall–Kier alpha value is -0.120. The SMILES string of the molecule is CC(C)(C)N1CC(O)C(N2CCCCC2)C1. The van der Waals surface area contributed by atoms with Gasteiger partial charge in [-0.05, 0) is 46.7 Å². The lowest BCUT2D eigenvalue weighted by Crippen LogP contribution is -2.46. The molecule has 2 aliphatic rings. The van der Waals surface area contributed by atoms with E-state index >= 15 is 0 Å². The van der Waals surface area contributed by atoms with E-state index in [0.717, 1.165) is 13.1 Å². The van der Waals surface area contributed by atoms with Gasteiger partial charge in [-0.3, -0.25) is 9.80 Å². The van der Waals surface area contributed by atoms with Gasteiger partial charge in [0.15, 0.2) is 0 Å². The third-order valence-corrected chi connectivity index (χ3v) is 4.07. The Balaban J connectivity index is 1.96. The maximum absolute atomic E-state index is 10.2. The average molecular weight is 226 g/mol. The molecular formula is C13H26N2O. The lowest BCUT2D eigenvalue weighted by molar-refractivity contribution is 0.0705. The molecule has 0 saturated carbocycles. The first-order chi connectivity index (χ1) is 7.48. The Morgan fingerprint density at radius 1 is 1.00 bits per heavy atom. The van der Waals surface area contributed by atoms with Gasteiger partial charge in [-0.2, -0.15) is 0 Å². The number of piperidine rings is 1. The third-order valence-electron chi connectivity index (χ3n) is 4.07. The molecule has 0 aromatic carbocycles. The number of likely N-dealkylation sites (tertiary alicyclic amines) is 2. The van der Waals surface area contributed by atoms with Gasteiger partial charge in [0, 0.05) is 24.7 Å². The molecule has 2 atom stereocenters. The summed E-state index contributed by atoms with van der Waals surface area (Å²) >= 11 is 0. The normalized spacial score (nSPS) is 34.5. The molecule has 0 aromatic rings. The van der Waals surface area contributed by atoms with Crippen molar-refractivity contribution in [2.75, 3.05) is 26.2 Å². The van der Waals surface area contributed by atoms with E-state index in [2.05, 4.69) is 30.6 Å². The van der Waals surface area contributed by atoms with Crippen molar-refractivity contribution in [1.82, 2.24) is 9.80 Å². The van der Waals surface area contributed by atoms with Crippen LogP contribution in [0.25, 0.3) is 0 Å². The number of aliphatic hydroxyl groups is 1. The highest BCUT2D eigenvalue weighted by Gasteiger charge is 2.39. The highest BCUT2D eigenvalue weighted by atomic mass is 16.3. The maximum Gasteiger partial charge on any atom is 0.0834 e. The summed E-state index contributed by atoms with van der Waals surface area (Å²) in [5.41, 5.74) is 0.186. The van der Waals surface area contributed by atoms with Crippen molar-refractivity contribution in [2.24, 2.45) is 0 Å². The van der Waals surface area contributed by atoms with Gasteiger partial charge in [-0.25, -0.2) is 0 Å². The first-order valence-corrected chi connectivity index (χ1v) is 6.65. The minimum Gasteiger partial charge on any atom is -0.390 e. The van der Waals surface area contributed by atoms with Crippen LogP contribution in [0, 0.1) is 0 Å². The minimum atomic E-state index is -0.155. The van der Waals surface area contributed by atoms with Gasteiger partial charge >= 0.3 is 0 Å². The predicted molar refractivity (Wildman–Crippen MR) is 66.5 cm³/mol. The second kappa shape index (κ2) is 4.63. The van der Waals surface area contributed by atoms with Gasteiger partial charge in [0.2, 0.25) is 0 Å². The summed E-state index contributed by atoms with van der Waals surface area (Å²) in [7, 11) is 0. The number of aliphatic hydroxyl groups excluding tert-OH is 1. The van der Waals surface area contributed by atoms with Gasteiger partial charge in [-0.1, -0.05) is 6.42 Å². The van der Waals surface area contributed by atoms with E-state index < -0.39 is 0 Å². The molecule has 3 nitrogen and oxygen atoms in total. The zero-order chi connectivity index (χ0) is 11.8. The van der Waals surface area contributed by atoms with E-state index in [1.165, 1.54) is 32.4 Å². The number of hydrogen-bond acceptors (Lipinski definition) is 3. The molecule has 0 radical (unpaired) electrons. The van der Waals surface area contributed by atoms with Crippen LogP contribution in [0.1, 0.15) is 40.0 Å². The van der Waals surface area contributed by atoms with Crippen molar-refractivity contribution in [2.45, 2.75) is 57.7 Å². The zero-order valence-electron chi connectivity index (χ0n) is 10.9. The summed E-state index contributed by atoms with van der Waals surface area (Å²) < 4.78 is 0. The molecule has 94 valence electrons. The minimum absolute atomic E-state index is 0.155. The fourth-order valence-electron chi connectivity index (χ4n) is 2.93. The van der Waals surface area contributed by atoms with Crippen LogP contribution < -0.4 is 0 Å². The fraction of sp³-hybridized carbons (Fsp3) is 1.00. The first kappa shape index (κ1) is 12.3. The number of β-amino-alcohol motifs (C(OH)–C–C–N with tert-alkyl or cyclic N) is 1.